The quantitative estimate of drug-likeness (QED) is 0.0215. The molecule has 546 valence electrons. The number of aliphatic hydroxyl groups excluding tert-OH is 7. The van der Waals surface area contributed by atoms with Crippen molar-refractivity contribution in [2.24, 2.45) is 0 Å². The molecule has 9 unspecified atom stereocenters. The molecule has 0 aromatic carbocycles. The molecule has 1 aliphatic rings. The van der Waals surface area contributed by atoms with Crippen LogP contribution in [0.1, 0.15) is 418 Å². The van der Waals surface area contributed by atoms with Gasteiger partial charge in [0.25, 0.3) is 0 Å². The SMILES string of the molecule is CCCCCCCCCCCCCCCCCCCCCC/C=C/CC/C=C/CCCC(O)C(O)C(COC1OC(CO)C(O)C(O)C1O)NC(=O)C(O)CCCCCCCCCCCCCCCCCCCCCCCCCCCCCCCCCCCCCC. The highest BCUT2D eigenvalue weighted by Crippen LogP contribution is 2.25. The predicted octanol–water partition coefficient (Wildman–Crippen LogP) is 21.1. The van der Waals surface area contributed by atoms with Gasteiger partial charge < -0.3 is 50.5 Å². The lowest BCUT2D eigenvalue weighted by molar-refractivity contribution is -0.303. The molecule has 1 aliphatic heterocycles. The molecule has 0 bridgehead atoms. The third kappa shape index (κ3) is 55.6. The van der Waals surface area contributed by atoms with Crippen LogP contribution in [0.2, 0.25) is 0 Å². The van der Waals surface area contributed by atoms with E-state index >= 15 is 0 Å². The molecule has 1 saturated heterocycles. The largest absolute Gasteiger partial charge is 0.394 e. The molecule has 0 saturated carbocycles. The second-order valence-electron chi connectivity index (χ2n) is 28.8. The van der Waals surface area contributed by atoms with Crippen molar-refractivity contribution >= 4 is 5.91 Å². The van der Waals surface area contributed by atoms with Gasteiger partial charge in [-0.15, -0.1) is 0 Å². The van der Waals surface area contributed by atoms with E-state index < -0.39 is 74.2 Å². The molecule has 1 amide bonds. The van der Waals surface area contributed by atoms with E-state index in [1.54, 1.807) is 0 Å². The molecule has 0 aliphatic carbocycles. The van der Waals surface area contributed by atoms with Crippen LogP contribution in [0.4, 0.5) is 0 Å². The van der Waals surface area contributed by atoms with Gasteiger partial charge in [0.15, 0.2) is 6.29 Å². The van der Waals surface area contributed by atoms with E-state index in [1.807, 2.05) is 0 Å². The van der Waals surface area contributed by atoms with E-state index in [1.165, 1.54) is 334 Å². The topological polar surface area (TPSA) is 189 Å². The maximum atomic E-state index is 13.3. The number of hydrogen-bond donors (Lipinski definition) is 8. The minimum absolute atomic E-state index is 0.250. The van der Waals surface area contributed by atoms with Crippen molar-refractivity contribution in [1.82, 2.24) is 5.32 Å². The molecule has 0 aromatic rings. The fraction of sp³-hybridized carbons (Fsp3) is 0.938. The van der Waals surface area contributed by atoms with E-state index in [2.05, 4.69) is 43.5 Å². The highest BCUT2D eigenvalue weighted by atomic mass is 16.7. The van der Waals surface area contributed by atoms with Crippen LogP contribution in [-0.2, 0) is 14.3 Å². The maximum Gasteiger partial charge on any atom is 0.249 e. The van der Waals surface area contributed by atoms with E-state index in [4.69, 9.17) is 9.47 Å². The van der Waals surface area contributed by atoms with Crippen LogP contribution in [0.25, 0.3) is 0 Å². The Morgan fingerprint density at radius 3 is 0.967 bits per heavy atom. The monoisotopic (exact) mass is 1300 g/mol. The summed E-state index contributed by atoms with van der Waals surface area (Å²) in [5, 5.41) is 76.7. The lowest BCUT2D eigenvalue weighted by Crippen LogP contribution is -2.60. The number of ether oxygens (including phenoxy) is 2. The van der Waals surface area contributed by atoms with Crippen LogP contribution in [0.5, 0.6) is 0 Å². The molecule has 8 N–H and O–H groups in total. The number of carbonyl (C=O) groups is 1. The third-order valence-electron chi connectivity index (χ3n) is 20.0. The summed E-state index contributed by atoms with van der Waals surface area (Å²) in [4.78, 5) is 13.3. The van der Waals surface area contributed by atoms with Crippen molar-refractivity contribution in [3.63, 3.8) is 0 Å². The lowest BCUT2D eigenvalue weighted by Gasteiger charge is -2.40. The van der Waals surface area contributed by atoms with Crippen LogP contribution >= 0.6 is 0 Å². The summed E-state index contributed by atoms with van der Waals surface area (Å²) in [6, 6.07) is -1.19. The van der Waals surface area contributed by atoms with Gasteiger partial charge in [-0.2, -0.15) is 0 Å². The fourth-order valence-electron chi connectivity index (χ4n) is 13.5. The van der Waals surface area contributed by atoms with E-state index in [9.17, 15) is 40.5 Å². The summed E-state index contributed by atoms with van der Waals surface area (Å²) >= 11 is 0. The first-order valence-corrected chi connectivity index (χ1v) is 40.7. The summed E-state index contributed by atoms with van der Waals surface area (Å²) in [5.74, 6) is -0.701. The number of unbranched alkanes of at least 4 members (excludes halogenated alkanes) is 57. The highest BCUT2D eigenvalue weighted by Gasteiger charge is 2.44. The van der Waals surface area contributed by atoms with Gasteiger partial charge in [0.2, 0.25) is 5.91 Å². The maximum absolute atomic E-state index is 13.3. The smallest absolute Gasteiger partial charge is 0.249 e. The Morgan fingerprint density at radius 1 is 0.370 bits per heavy atom. The molecule has 1 rings (SSSR count). The average molecular weight is 1310 g/mol. The Balaban J connectivity index is 2.13. The van der Waals surface area contributed by atoms with Crippen molar-refractivity contribution in [3.05, 3.63) is 24.3 Å². The predicted molar refractivity (Wildman–Crippen MR) is 390 cm³/mol. The minimum Gasteiger partial charge on any atom is -0.394 e. The first kappa shape index (κ1) is 88.6. The van der Waals surface area contributed by atoms with Gasteiger partial charge in [-0.25, -0.2) is 0 Å². The Kier molecular flexibility index (Phi) is 66.9. The zero-order chi connectivity index (χ0) is 66.7. The van der Waals surface area contributed by atoms with Crippen LogP contribution in [-0.4, -0.2) is 110 Å². The summed E-state index contributed by atoms with van der Waals surface area (Å²) in [7, 11) is 0. The summed E-state index contributed by atoms with van der Waals surface area (Å²) in [5.41, 5.74) is 0. The Morgan fingerprint density at radius 2 is 0.652 bits per heavy atom. The van der Waals surface area contributed by atoms with E-state index in [-0.39, 0.29) is 12.8 Å². The number of carbonyl (C=O) groups excluding carboxylic acids is 1. The van der Waals surface area contributed by atoms with Crippen molar-refractivity contribution in [2.45, 2.75) is 473 Å². The average Bonchev–Trinajstić information content (AvgIpc) is 0.941. The lowest BCUT2D eigenvalue weighted by atomic mass is 9.98. The molecule has 0 spiro atoms. The number of nitrogens with one attached hydrogen (secondary N) is 1. The Labute approximate surface area is 569 Å². The first-order valence-electron chi connectivity index (χ1n) is 40.7. The van der Waals surface area contributed by atoms with Gasteiger partial charge >= 0.3 is 0 Å². The Bertz CT molecular complexity index is 1550. The zero-order valence-electron chi connectivity index (χ0n) is 60.8. The van der Waals surface area contributed by atoms with Gasteiger partial charge in [0.05, 0.1) is 25.4 Å². The van der Waals surface area contributed by atoms with Crippen molar-refractivity contribution in [2.75, 3.05) is 13.2 Å². The molecule has 1 fully saturated rings. The van der Waals surface area contributed by atoms with Crippen LogP contribution in [0.15, 0.2) is 24.3 Å². The molecule has 9 atom stereocenters. The molecule has 92 heavy (non-hydrogen) atoms. The third-order valence-corrected chi connectivity index (χ3v) is 20.0. The number of hydrogen-bond acceptors (Lipinski definition) is 10. The summed E-state index contributed by atoms with van der Waals surface area (Å²) < 4.78 is 11.2. The molecular formula is C81H157NO10. The molecule has 0 radical (unpaired) electrons. The van der Waals surface area contributed by atoms with Gasteiger partial charge in [0.1, 0.15) is 36.6 Å². The summed E-state index contributed by atoms with van der Waals surface area (Å²) in [6.07, 6.45) is 78.9. The van der Waals surface area contributed by atoms with E-state index in [0.29, 0.717) is 19.3 Å². The second kappa shape index (κ2) is 69.5. The standard InChI is InChI=1S/C81H157NO10/c1-3-5-7-9-11-13-15-17-19-21-23-25-27-29-31-33-34-35-36-37-38-39-41-43-45-47-49-51-53-55-57-59-61-63-65-67-69-74(85)80(90)82-72(71-91-81-79(89)78(88)77(87)75(70-83)92-81)76(86)73(84)68-66-64-62-60-58-56-54-52-50-48-46-44-42-40-32-30-28-26-24-22-20-18-16-14-12-10-8-6-4-2/h52,54,60,62,72-79,81,83-89H,3-51,53,55-59,61,63-71H2,1-2H3,(H,82,90)/b54-52+,62-60+. The van der Waals surface area contributed by atoms with Crippen molar-refractivity contribution in [3.8, 4) is 0 Å². The molecule has 11 heteroatoms. The van der Waals surface area contributed by atoms with Gasteiger partial charge in [-0.1, -0.05) is 391 Å². The van der Waals surface area contributed by atoms with Gasteiger partial charge in [-0.3, -0.25) is 4.79 Å². The van der Waals surface area contributed by atoms with Crippen molar-refractivity contribution in [1.29, 1.82) is 0 Å². The number of allylic oxidation sites excluding steroid dienone is 4. The van der Waals surface area contributed by atoms with Crippen LogP contribution in [0, 0.1) is 0 Å². The van der Waals surface area contributed by atoms with Crippen LogP contribution in [0.3, 0.4) is 0 Å². The van der Waals surface area contributed by atoms with Crippen LogP contribution < -0.4 is 5.32 Å². The molecule has 0 aromatic heterocycles. The summed E-state index contributed by atoms with van der Waals surface area (Å²) in [6.45, 7) is 3.51. The Hall–Kier alpha value is -1.41. The van der Waals surface area contributed by atoms with Gasteiger partial charge in [0, 0.05) is 0 Å². The molecule has 1 heterocycles. The second-order valence-corrected chi connectivity index (χ2v) is 28.8. The minimum atomic E-state index is -1.67. The molecular weight excluding hydrogens is 1150 g/mol. The number of aliphatic hydroxyl groups is 7. The normalized spacial score (nSPS) is 18.4. The number of rotatable bonds is 73. The molecule has 11 nitrogen and oxygen atoms in total. The zero-order valence-corrected chi connectivity index (χ0v) is 60.8. The van der Waals surface area contributed by atoms with Crippen molar-refractivity contribution < 1.29 is 50.0 Å². The highest BCUT2D eigenvalue weighted by molar-refractivity contribution is 5.80. The fourth-order valence-corrected chi connectivity index (χ4v) is 13.5. The first-order chi connectivity index (χ1) is 45.2. The number of amides is 1. The van der Waals surface area contributed by atoms with E-state index in [0.717, 1.165) is 38.5 Å². The van der Waals surface area contributed by atoms with Gasteiger partial charge in [-0.05, 0) is 51.4 Å².